The second-order valence-electron chi connectivity index (χ2n) is 6.22. The highest BCUT2D eigenvalue weighted by atomic mass is 16.1. The molecule has 2 atom stereocenters. The smallest absolute Gasteiger partial charge is 0.224 e. The van der Waals surface area contributed by atoms with Crippen LogP contribution >= 0.6 is 0 Å². The van der Waals surface area contributed by atoms with Crippen molar-refractivity contribution in [2.45, 2.75) is 25.8 Å². The SMILES string of the molecule is CC(C(=O)NCC1CCN(C)CC1)C(N)c1ccccc1. The van der Waals surface area contributed by atoms with Gasteiger partial charge in [-0.3, -0.25) is 4.79 Å². The summed E-state index contributed by atoms with van der Waals surface area (Å²) in [7, 11) is 2.15. The second-order valence-corrected chi connectivity index (χ2v) is 6.22. The highest BCUT2D eigenvalue weighted by Gasteiger charge is 2.23. The van der Waals surface area contributed by atoms with Crippen LogP contribution in [0.3, 0.4) is 0 Å². The lowest BCUT2D eigenvalue weighted by molar-refractivity contribution is -0.125. The highest BCUT2D eigenvalue weighted by Crippen LogP contribution is 2.20. The van der Waals surface area contributed by atoms with Gasteiger partial charge in [-0.15, -0.1) is 0 Å². The average Bonchev–Trinajstić information content (AvgIpc) is 2.53. The lowest BCUT2D eigenvalue weighted by atomic mass is 9.93. The summed E-state index contributed by atoms with van der Waals surface area (Å²) in [5, 5.41) is 3.08. The van der Waals surface area contributed by atoms with Crippen LogP contribution in [-0.4, -0.2) is 37.5 Å². The van der Waals surface area contributed by atoms with Crippen LogP contribution in [0.4, 0.5) is 0 Å². The van der Waals surface area contributed by atoms with E-state index in [0.29, 0.717) is 5.92 Å². The Morgan fingerprint density at radius 1 is 1.33 bits per heavy atom. The van der Waals surface area contributed by atoms with Crippen LogP contribution in [0.15, 0.2) is 30.3 Å². The van der Waals surface area contributed by atoms with E-state index in [9.17, 15) is 4.79 Å². The average molecular weight is 289 g/mol. The number of benzene rings is 1. The van der Waals surface area contributed by atoms with Gasteiger partial charge in [0.05, 0.1) is 5.92 Å². The third-order valence-corrected chi connectivity index (χ3v) is 4.54. The molecule has 1 heterocycles. The summed E-state index contributed by atoms with van der Waals surface area (Å²) < 4.78 is 0. The molecule has 1 aliphatic heterocycles. The molecule has 1 aromatic rings. The van der Waals surface area contributed by atoms with Gasteiger partial charge in [0.1, 0.15) is 0 Å². The summed E-state index contributed by atoms with van der Waals surface area (Å²) >= 11 is 0. The molecule has 116 valence electrons. The van der Waals surface area contributed by atoms with Crippen molar-refractivity contribution in [3.8, 4) is 0 Å². The number of rotatable bonds is 5. The van der Waals surface area contributed by atoms with Crippen LogP contribution in [0.5, 0.6) is 0 Å². The van der Waals surface area contributed by atoms with Gasteiger partial charge in [0.2, 0.25) is 5.91 Å². The molecule has 1 saturated heterocycles. The number of piperidine rings is 1. The Morgan fingerprint density at radius 2 is 1.95 bits per heavy atom. The molecule has 2 unspecified atom stereocenters. The van der Waals surface area contributed by atoms with Crippen molar-refractivity contribution >= 4 is 5.91 Å². The molecule has 2 rings (SSSR count). The summed E-state index contributed by atoms with van der Waals surface area (Å²) in [5.74, 6) is 0.453. The normalized spacial score (nSPS) is 20.0. The first-order valence-corrected chi connectivity index (χ1v) is 7.84. The van der Waals surface area contributed by atoms with E-state index in [1.54, 1.807) is 0 Å². The minimum absolute atomic E-state index is 0.0604. The Hall–Kier alpha value is -1.39. The van der Waals surface area contributed by atoms with E-state index in [-0.39, 0.29) is 17.9 Å². The van der Waals surface area contributed by atoms with Gasteiger partial charge >= 0.3 is 0 Å². The molecule has 0 spiro atoms. The van der Waals surface area contributed by atoms with E-state index in [2.05, 4.69) is 17.3 Å². The number of hydrogen-bond donors (Lipinski definition) is 2. The van der Waals surface area contributed by atoms with E-state index in [4.69, 9.17) is 5.73 Å². The van der Waals surface area contributed by atoms with E-state index >= 15 is 0 Å². The van der Waals surface area contributed by atoms with Crippen molar-refractivity contribution < 1.29 is 4.79 Å². The number of nitrogens with zero attached hydrogens (tertiary/aromatic N) is 1. The maximum absolute atomic E-state index is 12.3. The third kappa shape index (κ3) is 4.55. The van der Waals surface area contributed by atoms with Crippen LogP contribution in [-0.2, 0) is 4.79 Å². The van der Waals surface area contributed by atoms with Crippen LogP contribution in [0.2, 0.25) is 0 Å². The van der Waals surface area contributed by atoms with Crippen molar-refractivity contribution in [3.05, 3.63) is 35.9 Å². The Morgan fingerprint density at radius 3 is 2.57 bits per heavy atom. The van der Waals surface area contributed by atoms with Crippen LogP contribution in [0.25, 0.3) is 0 Å². The molecule has 0 aliphatic carbocycles. The van der Waals surface area contributed by atoms with Crippen molar-refractivity contribution in [1.29, 1.82) is 0 Å². The molecule has 0 radical (unpaired) electrons. The molecular formula is C17H27N3O. The Kier molecular flexibility index (Phi) is 5.76. The van der Waals surface area contributed by atoms with Gasteiger partial charge in [-0.1, -0.05) is 37.3 Å². The second kappa shape index (κ2) is 7.57. The Labute approximate surface area is 127 Å². The summed E-state index contributed by atoms with van der Waals surface area (Å²) in [5.41, 5.74) is 7.21. The number of nitrogens with two attached hydrogens (primary N) is 1. The van der Waals surface area contributed by atoms with Gasteiger partial charge in [0.25, 0.3) is 0 Å². The fourth-order valence-electron chi connectivity index (χ4n) is 2.80. The molecule has 1 amide bonds. The monoisotopic (exact) mass is 289 g/mol. The molecule has 3 N–H and O–H groups in total. The molecule has 0 aromatic heterocycles. The Bertz CT molecular complexity index is 441. The van der Waals surface area contributed by atoms with Crippen molar-refractivity contribution in [3.63, 3.8) is 0 Å². The molecule has 1 aromatic carbocycles. The first kappa shape index (κ1) is 16.0. The Balaban J connectivity index is 1.80. The molecular weight excluding hydrogens is 262 g/mol. The maximum Gasteiger partial charge on any atom is 0.224 e. The summed E-state index contributed by atoms with van der Waals surface area (Å²) in [4.78, 5) is 14.6. The van der Waals surface area contributed by atoms with Gasteiger partial charge in [-0.25, -0.2) is 0 Å². The topological polar surface area (TPSA) is 58.4 Å². The number of nitrogens with one attached hydrogen (secondary N) is 1. The number of hydrogen-bond acceptors (Lipinski definition) is 3. The first-order valence-electron chi connectivity index (χ1n) is 7.84. The molecule has 1 aliphatic rings. The summed E-state index contributed by atoms with van der Waals surface area (Å²) in [6.45, 7) is 4.93. The quantitative estimate of drug-likeness (QED) is 0.868. The summed E-state index contributed by atoms with van der Waals surface area (Å²) in [6, 6.07) is 9.58. The predicted octanol–water partition coefficient (Wildman–Crippen LogP) is 1.78. The fraction of sp³-hybridized carbons (Fsp3) is 0.588. The van der Waals surface area contributed by atoms with Crippen molar-refractivity contribution in [2.75, 3.05) is 26.7 Å². The number of likely N-dealkylation sites (tertiary alicyclic amines) is 1. The van der Waals surface area contributed by atoms with Crippen LogP contribution in [0, 0.1) is 11.8 Å². The lowest BCUT2D eigenvalue weighted by Gasteiger charge is -2.29. The third-order valence-electron chi connectivity index (χ3n) is 4.54. The zero-order valence-corrected chi connectivity index (χ0v) is 13.1. The van der Waals surface area contributed by atoms with Crippen molar-refractivity contribution in [2.24, 2.45) is 17.6 Å². The van der Waals surface area contributed by atoms with Gasteiger partial charge in [-0.2, -0.15) is 0 Å². The lowest BCUT2D eigenvalue weighted by Crippen LogP contribution is -2.40. The van der Waals surface area contributed by atoms with Crippen LogP contribution in [0.1, 0.15) is 31.4 Å². The zero-order valence-electron chi connectivity index (χ0n) is 13.1. The van der Waals surface area contributed by atoms with E-state index in [1.165, 1.54) is 0 Å². The van der Waals surface area contributed by atoms with E-state index in [0.717, 1.165) is 38.0 Å². The van der Waals surface area contributed by atoms with Gasteiger partial charge < -0.3 is 16.0 Å². The molecule has 4 nitrogen and oxygen atoms in total. The number of carbonyl (C=O) groups is 1. The number of carbonyl (C=O) groups excluding carboxylic acids is 1. The number of amides is 1. The van der Waals surface area contributed by atoms with E-state index < -0.39 is 0 Å². The maximum atomic E-state index is 12.3. The zero-order chi connectivity index (χ0) is 15.2. The summed E-state index contributed by atoms with van der Waals surface area (Å²) in [6.07, 6.45) is 2.33. The molecule has 4 heteroatoms. The largest absolute Gasteiger partial charge is 0.356 e. The standard InChI is InChI=1S/C17H27N3O/c1-13(16(18)15-6-4-3-5-7-15)17(21)19-12-14-8-10-20(2)11-9-14/h3-7,13-14,16H,8-12,18H2,1-2H3,(H,19,21). The molecule has 0 saturated carbocycles. The minimum Gasteiger partial charge on any atom is -0.356 e. The van der Waals surface area contributed by atoms with Gasteiger partial charge in [0.15, 0.2) is 0 Å². The predicted molar refractivity (Wildman–Crippen MR) is 85.8 cm³/mol. The highest BCUT2D eigenvalue weighted by molar-refractivity contribution is 5.79. The minimum atomic E-state index is -0.247. The first-order chi connectivity index (χ1) is 10.1. The molecule has 1 fully saturated rings. The van der Waals surface area contributed by atoms with Crippen LogP contribution < -0.4 is 11.1 Å². The van der Waals surface area contributed by atoms with E-state index in [1.807, 2.05) is 37.3 Å². The molecule has 21 heavy (non-hydrogen) atoms. The fourth-order valence-corrected chi connectivity index (χ4v) is 2.80. The van der Waals surface area contributed by atoms with Gasteiger partial charge in [-0.05, 0) is 44.5 Å². The molecule has 0 bridgehead atoms. The van der Waals surface area contributed by atoms with Gasteiger partial charge in [0, 0.05) is 12.6 Å². The van der Waals surface area contributed by atoms with Crippen molar-refractivity contribution in [1.82, 2.24) is 10.2 Å².